The van der Waals surface area contributed by atoms with Gasteiger partial charge in [0.15, 0.2) is 0 Å². The van der Waals surface area contributed by atoms with Crippen LogP contribution in [0.2, 0.25) is 0 Å². The Hall–Kier alpha value is -1.74. The van der Waals surface area contributed by atoms with Gasteiger partial charge in [0.05, 0.1) is 6.54 Å². The molecule has 1 aromatic heterocycles. The number of aromatic carboxylic acids is 1. The third-order valence-corrected chi connectivity index (χ3v) is 2.48. The van der Waals surface area contributed by atoms with E-state index in [1.165, 1.54) is 0 Å². The number of hydrogen-bond acceptors (Lipinski definition) is 1. The number of hydrogen-bond donors (Lipinski definition) is 1. The number of rotatable bonds is 3. The smallest absolute Gasteiger partial charge is 0.352 e. The molecule has 16 heavy (non-hydrogen) atoms. The third kappa shape index (κ3) is 1.82. The maximum Gasteiger partial charge on any atom is 0.352 e. The maximum absolute atomic E-state index is 11.1. The Morgan fingerprint density at radius 1 is 1.44 bits per heavy atom. The standard InChI is InChI=1S/C12H10ClNO2/c1-8(13)7-14-10-5-3-2-4-9(10)6-11(14)12(15)16/h2-6H,1,7H2,(H,15,16). The van der Waals surface area contributed by atoms with Gasteiger partial charge in [-0.05, 0) is 12.1 Å². The molecule has 0 atom stereocenters. The molecule has 0 bridgehead atoms. The molecular weight excluding hydrogens is 226 g/mol. The van der Waals surface area contributed by atoms with Crippen molar-refractivity contribution in [3.8, 4) is 0 Å². The van der Waals surface area contributed by atoms with Crippen molar-refractivity contribution in [1.82, 2.24) is 4.57 Å². The summed E-state index contributed by atoms with van der Waals surface area (Å²) in [4.78, 5) is 11.1. The first-order chi connectivity index (χ1) is 7.59. The summed E-state index contributed by atoms with van der Waals surface area (Å²) < 4.78 is 1.65. The van der Waals surface area contributed by atoms with Crippen LogP contribution >= 0.6 is 11.6 Å². The second kappa shape index (κ2) is 4.02. The lowest BCUT2D eigenvalue weighted by molar-refractivity contribution is 0.0686. The van der Waals surface area contributed by atoms with Gasteiger partial charge < -0.3 is 9.67 Å². The molecule has 2 aromatic rings. The third-order valence-electron chi connectivity index (χ3n) is 2.36. The Labute approximate surface area is 97.6 Å². The van der Waals surface area contributed by atoms with Gasteiger partial charge in [-0.25, -0.2) is 4.79 Å². The van der Waals surface area contributed by atoms with Gasteiger partial charge in [0.1, 0.15) is 5.69 Å². The fourth-order valence-corrected chi connectivity index (χ4v) is 1.85. The van der Waals surface area contributed by atoms with Crippen molar-refractivity contribution in [1.29, 1.82) is 0 Å². The van der Waals surface area contributed by atoms with Crippen LogP contribution in [0, 0.1) is 0 Å². The van der Waals surface area contributed by atoms with Crippen molar-refractivity contribution in [2.24, 2.45) is 0 Å². The molecule has 1 aromatic carbocycles. The number of nitrogens with zero attached hydrogens (tertiary/aromatic N) is 1. The van der Waals surface area contributed by atoms with Crippen LogP contribution in [-0.4, -0.2) is 15.6 Å². The number of carboxylic acid groups (broad SMARTS) is 1. The minimum absolute atomic E-state index is 0.225. The predicted molar refractivity (Wildman–Crippen MR) is 63.9 cm³/mol. The highest BCUT2D eigenvalue weighted by Gasteiger charge is 2.14. The van der Waals surface area contributed by atoms with Crippen molar-refractivity contribution in [3.63, 3.8) is 0 Å². The van der Waals surface area contributed by atoms with Crippen LogP contribution in [0.1, 0.15) is 10.5 Å². The van der Waals surface area contributed by atoms with Crippen LogP contribution < -0.4 is 0 Å². The summed E-state index contributed by atoms with van der Waals surface area (Å²) in [6.45, 7) is 3.89. The number of benzene rings is 1. The van der Waals surface area contributed by atoms with E-state index in [0.29, 0.717) is 11.6 Å². The van der Waals surface area contributed by atoms with Crippen molar-refractivity contribution < 1.29 is 9.90 Å². The Kier molecular flexibility index (Phi) is 2.71. The van der Waals surface area contributed by atoms with E-state index in [-0.39, 0.29) is 5.69 Å². The van der Waals surface area contributed by atoms with E-state index in [1.807, 2.05) is 24.3 Å². The van der Waals surface area contributed by atoms with E-state index in [2.05, 4.69) is 6.58 Å². The summed E-state index contributed by atoms with van der Waals surface area (Å²) in [5.74, 6) is -0.964. The number of carboxylic acids is 1. The van der Waals surface area contributed by atoms with E-state index >= 15 is 0 Å². The average molecular weight is 236 g/mol. The fraction of sp³-hybridized carbons (Fsp3) is 0.0833. The summed E-state index contributed by atoms with van der Waals surface area (Å²) in [5, 5.41) is 10.4. The second-order valence-corrected chi connectivity index (χ2v) is 4.03. The van der Waals surface area contributed by atoms with Gasteiger partial charge in [-0.3, -0.25) is 0 Å². The molecule has 0 saturated carbocycles. The van der Waals surface area contributed by atoms with Crippen LogP contribution in [0.4, 0.5) is 0 Å². The van der Waals surface area contributed by atoms with E-state index in [9.17, 15) is 4.79 Å². The normalized spacial score (nSPS) is 10.6. The summed E-state index contributed by atoms with van der Waals surface area (Å²) in [7, 11) is 0. The van der Waals surface area contributed by atoms with Gasteiger partial charge in [-0.1, -0.05) is 36.4 Å². The Morgan fingerprint density at radius 3 is 2.75 bits per heavy atom. The number of para-hydroxylation sites is 1. The summed E-state index contributed by atoms with van der Waals surface area (Å²) in [6, 6.07) is 9.10. The van der Waals surface area contributed by atoms with Crippen LogP contribution in [0.15, 0.2) is 41.9 Å². The zero-order valence-corrected chi connectivity index (χ0v) is 9.24. The van der Waals surface area contributed by atoms with Gasteiger partial charge in [0.2, 0.25) is 0 Å². The molecule has 0 aliphatic carbocycles. The highest BCUT2D eigenvalue weighted by atomic mass is 35.5. The molecule has 1 N–H and O–H groups in total. The molecule has 2 rings (SSSR count). The van der Waals surface area contributed by atoms with E-state index in [4.69, 9.17) is 16.7 Å². The molecule has 0 spiro atoms. The number of fused-ring (bicyclic) bond motifs is 1. The monoisotopic (exact) mass is 235 g/mol. The van der Waals surface area contributed by atoms with Crippen LogP contribution in [0.25, 0.3) is 10.9 Å². The van der Waals surface area contributed by atoms with E-state index < -0.39 is 5.97 Å². The minimum atomic E-state index is -0.964. The minimum Gasteiger partial charge on any atom is -0.477 e. The maximum atomic E-state index is 11.1. The van der Waals surface area contributed by atoms with Gasteiger partial charge in [0, 0.05) is 15.9 Å². The molecule has 82 valence electrons. The molecule has 0 amide bonds. The quantitative estimate of drug-likeness (QED) is 0.888. The lowest BCUT2D eigenvalue weighted by Gasteiger charge is -2.06. The zero-order chi connectivity index (χ0) is 11.7. The van der Waals surface area contributed by atoms with Gasteiger partial charge >= 0.3 is 5.97 Å². The first-order valence-electron chi connectivity index (χ1n) is 4.74. The SMILES string of the molecule is C=C(Cl)Cn1c(C(=O)O)cc2ccccc21. The largest absolute Gasteiger partial charge is 0.477 e. The Bertz CT molecular complexity index is 571. The summed E-state index contributed by atoms with van der Waals surface area (Å²) >= 11 is 5.74. The lowest BCUT2D eigenvalue weighted by atomic mass is 10.2. The van der Waals surface area contributed by atoms with Crippen LogP contribution in [0.3, 0.4) is 0 Å². The van der Waals surface area contributed by atoms with Gasteiger partial charge in [0.25, 0.3) is 0 Å². The first kappa shape index (κ1) is 10.8. The van der Waals surface area contributed by atoms with Gasteiger partial charge in [-0.2, -0.15) is 0 Å². The van der Waals surface area contributed by atoms with Crippen molar-refractivity contribution in [2.75, 3.05) is 0 Å². The average Bonchev–Trinajstić information content (AvgIpc) is 2.57. The second-order valence-electron chi connectivity index (χ2n) is 3.50. The topological polar surface area (TPSA) is 42.2 Å². The number of aromatic nitrogens is 1. The van der Waals surface area contributed by atoms with Crippen molar-refractivity contribution in [3.05, 3.63) is 47.6 Å². The number of carbonyl (C=O) groups is 1. The van der Waals surface area contributed by atoms with Crippen LogP contribution in [-0.2, 0) is 6.54 Å². The molecule has 0 aliphatic rings. The molecule has 0 aliphatic heterocycles. The molecular formula is C12H10ClNO2. The van der Waals surface area contributed by atoms with Crippen molar-refractivity contribution in [2.45, 2.75) is 6.54 Å². The molecule has 0 radical (unpaired) electrons. The molecule has 3 nitrogen and oxygen atoms in total. The van der Waals surface area contributed by atoms with Crippen molar-refractivity contribution >= 4 is 28.5 Å². The molecule has 0 saturated heterocycles. The van der Waals surface area contributed by atoms with Crippen LogP contribution in [0.5, 0.6) is 0 Å². The zero-order valence-electron chi connectivity index (χ0n) is 8.48. The number of halogens is 1. The number of allylic oxidation sites excluding steroid dienone is 1. The summed E-state index contributed by atoms with van der Waals surface area (Å²) in [5.41, 5.74) is 1.07. The molecule has 4 heteroatoms. The van der Waals surface area contributed by atoms with Gasteiger partial charge in [-0.15, -0.1) is 0 Å². The molecule has 1 heterocycles. The fourth-order valence-electron chi connectivity index (χ4n) is 1.73. The highest BCUT2D eigenvalue weighted by molar-refractivity contribution is 6.29. The summed E-state index contributed by atoms with van der Waals surface area (Å²) in [6.07, 6.45) is 0. The van der Waals surface area contributed by atoms with E-state index in [1.54, 1.807) is 10.6 Å². The Morgan fingerprint density at radius 2 is 2.12 bits per heavy atom. The first-order valence-corrected chi connectivity index (χ1v) is 5.12. The lowest BCUT2D eigenvalue weighted by Crippen LogP contribution is -2.08. The highest BCUT2D eigenvalue weighted by Crippen LogP contribution is 2.21. The predicted octanol–water partition coefficient (Wildman–Crippen LogP) is 3.09. The molecule has 0 unspecified atom stereocenters. The Balaban J connectivity index is 2.69. The van der Waals surface area contributed by atoms with E-state index in [0.717, 1.165) is 10.9 Å². The molecule has 0 fully saturated rings.